The van der Waals surface area contributed by atoms with Crippen molar-refractivity contribution in [3.05, 3.63) is 36.7 Å². The monoisotopic (exact) mass is 207 g/mol. The van der Waals surface area contributed by atoms with Gasteiger partial charge in [0.1, 0.15) is 0 Å². The summed E-state index contributed by atoms with van der Waals surface area (Å²) in [5.74, 6) is 0.594. The second-order valence-corrected chi connectivity index (χ2v) is 2.35. The number of hydrazone groups is 1. The van der Waals surface area contributed by atoms with Crippen LogP contribution in [0.15, 0.2) is 36.2 Å². The molecule has 1 aromatic heterocycles. The summed E-state index contributed by atoms with van der Waals surface area (Å²) in [6, 6.07) is 3.45. The van der Waals surface area contributed by atoms with E-state index in [-0.39, 0.29) is 6.61 Å². The van der Waals surface area contributed by atoms with Gasteiger partial charge in [0.25, 0.3) is 0 Å². The Labute approximate surface area is 90.6 Å². The van der Waals surface area contributed by atoms with Crippen LogP contribution in [0.1, 0.15) is 19.4 Å². The molecular weight excluding hydrogens is 190 g/mol. The average Bonchev–Trinajstić information content (AvgIpc) is 2.33. The Hall–Kier alpha value is -1.68. The van der Waals surface area contributed by atoms with E-state index < -0.39 is 0 Å². The molecule has 82 valence electrons. The Balaban J connectivity index is 0.000000921. The number of hydrogen-bond donors (Lipinski definition) is 1. The lowest BCUT2D eigenvalue weighted by atomic mass is 10.3. The van der Waals surface area contributed by atoms with Crippen LogP contribution in [0, 0.1) is 0 Å². The normalized spacial score (nSPS) is 8.47. The molecule has 1 N–H and O–H groups in total. The molecule has 0 aromatic carbocycles. The highest BCUT2D eigenvalue weighted by atomic mass is 16.3. The van der Waals surface area contributed by atoms with E-state index in [1.165, 1.54) is 11.2 Å². The molecule has 0 amide bonds. The first kappa shape index (κ1) is 13.3. The topological polar surface area (TPSA) is 48.7 Å². The minimum absolute atomic E-state index is 0.0162. The molecule has 0 aliphatic rings. The molecule has 0 fully saturated rings. The Bertz CT molecular complexity index is 304. The highest BCUT2D eigenvalue weighted by molar-refractivity contribution is 5.45. The fraction of sp³-hybridized carbons (Fsp3) is 0.273. The molecule has 15 heavy (non-hydrogen) atoms. The molecule has 0 bridgehead atoms. The fourth-order valence-corrected chi connectivity index (χ4v) is 0.908. The van der Waals surface area contributed by atoms with Gasteiger partial charge in [-0.2, -0.15) is 5.10 Å². The first-order valence-corrected chi connectivity index (χ1v) is 4.76. The van der Waals surface area contributed by atoms with E-state index in [2.05, 4.69) is 23.4 Å². The van der Waals surface area contributed by atoms with Gasteiger partial charge in [-0.25, -0.2) is 9.99 Å². The van der Waals surface area contributed by atoms with Gasteiger partial charge >= 0.3 is 0 Å². The maximum atomic E-state index is 8.87. The fourth-order valence-electron chi connectivity index (χ4n) is 0.908. The number of aliphatic hydroxyl groups excluding tert-OH is 1. The lowest BCUT2D eigenvalue weighted by Gasteiger charge is -2.11. The Morgan fingerprint density at radius 1 is 1.60 bits per heavy atom. The third-order valence-electron chi connectivity index (χ3n) is 1.55. The molecule has 4 heteroatoms. The van der Waals surface area contributed by atoms with Crippen molar-refractivity contribution in [1.82, 2.24) is 4.98 Å². The summed E-state index contributed by atoms with van der Waals surface area (Å²) in [5.41, 5.74) is 0.778. The quantitative estimate of drug-likeness (QED) is 0.608. The van der Waals surface area contributed by atoms with Gasteiger partial charge in [-0.05, 0) is 17.7 Å². The molecule has 0 saturated carbocycles. The van der Waals surface area contributed by atoms with Crippen molar-refractivity contribution >= 4 is 12.5 Å². The van der Waals surface area contributed by atoms with E-state index >= 15 is 0 Å². The standard InChI is InChI=1S/C9H11N3O.C2H6/c1-3-12(10-2)9-6-8(7-13)4-5-11-9;1-2/h3-6,13H,1-2,7H2;1-2H3. The molecule has 1 rings (SSSR count). The van der Waals surface area contributed by atoms with Crippen LogP contribution in [0.25, 0.3) is 0 Å². The van der Waals surface area contributed by atoms with Crippen molar-refractivity contribution < 1.29 is 5.11 Å². The maximum Gasteiger partial charge on any atom is 0.153 e. The molecule has 0 radical (unpaired) electrons. The van der Waals surface area contributed by atoms with Crippen LogP contribution < -0.4 is 5.01 Å². The van der Waals surface area contributed by atoms with Crippen LogP contribution in [-0.4, -0.2) is 16.8 Å². The minimum Gasteiger partial charge on any atom is -0.392 e. The second-order valence-electron chi connectivity index (χ2n) is 2.35. The molecule has 0 aliphatic heterocycles. The highest BCUT2D eigenvalue weighted by Gasteiger charge is 2.01. The van der Waals surface area contributed by atoms with Crippen LogP contribution in [0.4, 0.5) is 5.82 Å². The van der Waals surface area contributed by atoms with Crippen LogP contribution in [0.2, 0.25) is 0 Å². The van der Waals surface area contributed by atoms with Crippen molar-refractivity contribution in [2.45, 2.75) is 20.5 Å². The van der Waals surface area contributed by atoms with Gasteiger partial charge in [0.2, 0.25) is 0 Å². The molecule has 0 unspecified atom stereocenters. The van der Waals surface area contributed by atoms with Crippen molar-refractivity contribution in [2.75, 3.05) is 5.01 Å². The maximum absolute atomic E-state index is 8.87. The minimum atomic E-state index is -0.0162. The molecule has 1 heterocycles. The lowest BCUT2D eigenvalue weighted by Crippen LogP contribution is -2.07. The number of anilines is 1. The number of hydrogen-bond acceptors (Lipinski definition) is 4. The van der Waals surface area contributed by atoms with Crippen molar-refractivity contribution in [3.8, 4) is 0 Å². The summed E-state index contributed by atoms with van der Waals surface area (Å²) < 4.78 is 0. The van der Waals surface area contributed by atoms with Crippen LogP contribution in [-0.2, 0) is 6.61 Å². The first-order valence-electron chi connectivity index (χ1n) is 4.76. The van der Waals surface area contributed by atoms with Crippen molar-refractivity contribution in [1.29, 1.82) is 0 Å². The van der Waals surface area contributed by atoms with Gasteiger partial charge in [-0.1, -0.05) is 20.4 Å². The van der Waals surface area contributed by atoms with E-state index in [1.54, 1.807) is 18.3 Å². The van der Waals surface area contributed by atoms with E-state index in [0.29, 0.717) is 5.82 Å². The molecule has 0 aliphatic carbocycles. The summed E-state index contributed by atoms with van der Waals surface area (Å²) in [4.78, 5) is 4.04. The zero-order valence-corrected chi connectivity index (χ0v) is 9.22. The largest absolute Gasteiger partial charge is 0.392 e. The van der Waals surface area contributed by atoms with Gasteiger partial charge in [-0.15, -0.1) is 0 Å². The lowest BCUT2D eigenvalue weighted by molar-refractivity contribution is 0.282. The van der Waals surface area contributed by atoms with Crippen LogP contribution in [0.3, 0.4) is 0 Å². The molecule has 0 atom stereocenters. The Kier molecular flexibility index (Phi) is 6.84. The van der Waals surface area contributed by atoms with E-state index in [1.807, 2.05) is 13.8 Å². The summed E-state index contributed by atoms with van der Waals surface area (Å²) >= 11 is 0. The first-order chi connectivity index (χ1) is 7.31. The number of rotatable bonds is 4. The van der Waals surface area contributed by atoms with Crippen LogP contribution >= 0.6 is 0 Å². The summed E-state index contributed by atoms with van der Waals surface area (Å²) in [6.45, 7) is 10.9. The predicted molar refractivity (Wildman–Crippen MR) is 63.7 cm³/mol. The Morgan fingerprint density at radius 2 is 2.27 bits per heavy atom. The summed E-state index contributed by atoms with van der Waals surface area (Å²) in [7, 11) is 0. The van der Waals surface area contributed by atoms with Gasteiger partial charge in [0, 0.05) is 19.1 Å². The number of aromatic nitrogens is 1. The third-order valence-corrected chi connectivity index (χ3v) is 1.55. The molecular formula is C11H17N3O. The smallest absolute Gasteiger partial charge is 0.153 e. The van der Waals surface area contributed by atoms with Gasteiger partial charge in [0.05, 0.1) is 6.61 Å². The van der Waals surface area contributed by atoms with Gasteiger partial charge in [-0.3, -0.25) is 0 Å². The SMILES string of the molecule is C=CN(N=C)c1cc(CO)ccn1.CC. The molecule has 0 saturated heterocycles. The average molecular weight is 207 g/mol. The van der Waals surface area contributed by atoms with E-state index in [9.17, 15) is 0 Å². The number of aliphatic hydroxyl groups is 1. The van der Waals surface area contributed by atoms with Gasteiger partial charge < -0.3 is 5.11 Å². The molecule has 0 spiro atoms. The van der Waals surface area contributed by atoms with Gasteiger partial charge in [0.15, 0.2) is 5.82 Å². The molecule has 1 aromatic rings. The van der Waals surface area contributed by atoms with Crippen molar-refractivity contribution in [2.24, 2.45) is 5.10 Å². The predicted octanol–water partition coefficient (Wildman–Crippen LogP) is 2.17. The van der Waals surface area contributed by atoms with Crippen LogP contribution in [0.5, 0.6) is 0 Å². The summed E-state index contributed by atoms with van der Waals surface area (Å²) in [6.07, 6.45) is 3.10. The zero-order chi connectivity index (χ0) is 11.7. The number of pyridine rings is 1. The third kappa shape index (κ3) is 3.91. The Morgan fingerprint density at radius 3 is 2.73 bits per heavy atom. The molecule has 4 nitrogen and oxygen atoms in total. The highest BCUT2D eigenvalue weighted by Crippen LogP contribution is 2.12. The van der Waals surface area contributed by atoms with Crippen molar-refractivity contribution in [3.63, 3.8) is 0 Å². The van der Waals surface area contributed by atoms with E-state index in [4.69, 9.17) is 5.11 Å². The second kappa shape index (κ2) is 7.70. The number of nitrogens with zero attached hydrogens (tertiary/aromatic N) is 3. The zero-order valence-electron chi connectivity index (χ0n) is 9.22. The van der Waals surface area contributed by atoms with E-state index in [0.717, 1.165) is 5.56 Å². The summed E-state index contributed by atoms with van der Waals surface area (Å²) in [5, 5.41) is 14.0.